The molecule has 0 spiro atoms. The average Bonchev–Trinajstić information content (AvgIpc) is 2.80. The molecule has 29 heavy (non-hydrogen) atoms. The van der Waals surface area contributed by atoms with Crippen LogP contribution in [0.15, 0.2) is 61.1 Å². The topological polar surface area (TPSA) is 77.4 Å². The highest BCUT2D eigenvalue weighted by molar-refractivity contribution is 5.92. The van der Waals surface area contributed by atoms with Crippen molar-refractivity contribution in [1.82, 2.24) is 19.9 Å². The number of ether oxygens (including phenoxy) is 2. The van der Waals surface area contributed by atoms with Crippen molar-refractivity contribution in [1.29, 1.82) is 0 Å². The van der Waals surface area contributed by atoms with Crippen LogP contribution in [0.3, 0.4) is 0 Å². The van der Waals surface area contributed by atoms with E-state index in [-0.39, 0.29) is 11.8 Å². The fourth-order valence-electron chi connectivity index (χ4n) is 3.48. The summed E-state index contributed by atoms with van der Waals surface area (Å²) in [5.41, 5.74) is 1.30. The summed E-state index contributed by atoms with van der Waals surface area (Å²) in [6.45, 7) is 1.30. The van der Waals surface area contributed by atoms with E-state index in [2.05, 4.69) is 15.0 Å². The van der Waals surface area contributed by atoms with Gasteiger partial charge in [0.1, 0.15) is 22.9 Å². The second kappa shape index (κ2) is 8.68. The van der Waals surface area contributed by atoms with Crippen LogP contribution in [0.5, 0.6) is 17.4 Å². The molecular weight excluding hydrogens is 368 g/mol. The molecule has 1 aromatic carbocycles. The van der Waals surface area contributed by atoms with E-state index in [4.69, 9.17) is 9.47 Å². The Balaban J connectivity index is 1.45. The third-order valence-corrected chi connectivity index (χ3v) is 5.00. The predicted octanol–water partition coefficient (Wildman–Crippen LogP) is 3.69. The minimum Gasteiger partial charge on any atom is -0.497 e. The molecule has 0 aliphatic carbocycles. The highest BCUT2D eigenvalue weighted by atomic mass is 16.5. The molecule has 0 bridgehead atoms. The summed E-state index contributed by atoms with van der Waals surface area (Å²) in [7, 11) is 1.62. The van der Waals surface area contributed by atoms with Crippen molar-refractivity contribution >= 4 is 5.91 Å². The number of likely N-dealkylation sites (tertiary alicyclic amines) is 1. The fourth-order valence-corrected chi connectivity index (χ4v) is 3.48. The molecular formula is C22H22N4O3. The van der Waals surface area contributed by atoms with Crippen molar-refractivity contribution in [3.63, 3.8) is 0 Å². The lowest BCUT2D eigenvalue weighted by atomic mass is 9.93. The van der Waals surface area contributed by atoms with Gasteiger partial charge in [0.2, 0.25) is 5.88 Å². The molecule has 0 atom stereocenters. The number of carbonyl (C=O) groups excluding carboxylic acids is 1. The molecule has 4 rings (SSSR count). The second-order valence-electron chi connectivity index (χ2n) is 6.81. The quantitative estimate of drug-likeness (QED) is 0.661. The van der Waals surface area contributed by atoms with Crippen LogP contribution in [-0.4, -0.2) is 46.0 Å². The third-order valence-electron chi connectivity index (χ3n) is 5.00. The summed E-state index contributed by atoms with van der Waals surface area (Å²) in [6, 6.07) is 12.8. The van der Waals surface area contributed by atoms with Gasteiger partial charge in [0.05, 0.1) is 7.11 Å². The molecule has 0 unspecified atom stereocenters. The smallest absolute Gasteiger partial charge is 0.272 e. The summed E-state index contributed by atoms with van der Waals surface area (Å²) < 4.78 is 11.3. The summed E-state index contributed by atoms with van der Waals surface area (Å²) in [5.74, 6) is 2.01. The largest absolute Gasteiger partial charge is 0.497 e. The molecule has 2 aromatic heterocycles. The van der Waals surface area contributed by atoms with Gasteiger partial charge < -0.3 is 14.4 Å². The lowest BCUT2D eigenvalue weighted by molar-refractivity contribution is 0.0705. The Morgan fingerprint density at radius 3 is 2.52 bits per heavy atom. The van der Waals surface area contributed by atoms with Gasteiger partial charge >= 0.3 is 0 Å². The van der Waals surface area contributed by atoms with Crippen LogP contribution in [-0.2, 0) is 0 Å². The summed E-state index contributed by atoms with van der Waals surface area (Å²) in [5, 5.41) is 0. The molecule has 148 valence electrons. The van der Waals surface area contributed by atoms with Crippen molar-refractivity contribution in [3.05, 3.63) is 72.4 Å². The minimum absolute atomic E-state index is 0.0314. The maximum Gasteiger partial charge on any atom is 0.272 e. The van der Waals surface area contributed by atoms with Crippen LogP contribution in [0, 0.1) is 0 Å². The minimum atomic E-state index is -0.0314. The number of rotatable bonds is 5. The Morgan fingerprint density at radius 1 is 0.966 bits per heavy atom. The van der Waals surface area contributed by atoms with E-state index >= 15 is 0 Å². The van der Waals surface area contributed by atoms with Crippen molar-refractivity contribution in [3.8, 4) is 17.4 Å². The Morgan fingerprint density at radius 2 is 1.76 bits per heavy atom. The maximum atomic E-state index is 12.6. The third kappa shape index (κ3) is 4.34. The molecule has 0 saturated carbocycles. The van der Waals surface area contributed by atoms with Crippen LogP contribution in [0.2, 0.25) is 0 Å². The molecule has 0 radical (unpaired) electrons. The first kappa shape index (κ1) is 18.9. The van der Waals surface area contributed by atoms with E-state index in [9.17, 15) is 4.79 Å². The van der Waals surface area contributed by atoms with Crippen molar-refractivity contribution in [2.45, 2.75) is 18.8 Å². The first-order valence-electron chi connectivity index (χ1n) is 9.57. The zero-order chi connectivity index (χ0) is 20.1. The van der Waals surface area contributed by atoms with Crippen LogP contribution in [0.4, 0.5) is 0 Å². The monoisotopic (exact) mass is 390 g/mol. The predicted molar refractivity (Wildman–Crippen MR) is 107 cm³/mol. The van der Waals surface area contributed by atoms with Crippen LogP contribution in [0.25, 0.3) is 0 Å². The van der Waals surface area contributed by atoms with Gasteiger partial charge in [-0.1, -0.05) is 12.1 Å². The zero-order valence-electron chi connectivity index (χ0n) is 16.2. The number of benzene rings is 1. The number of pyridine rings is 1. The number of carbonyl (C=O) groups is 1. The molecule has 1 saturated heterocycles. The number of hydrogen-bond donors (Lipinski definition) is 0. The Hall–Kier alpha value is -3.48. The number of methoxy groups -OCH3 is 1. The SMILES string of the molecule is COc1cccc(Oc2nccnc2C2CCN(C(=O)c3ccccn3)CC2)c1. The number of piperidine rings is 1. The second-order valence-corrected chi connectivity index (χ2v) is 6.81. The van der Waals surface area contributed by atoms with Gasteiger partial charge in [-0.05, 0) is 37.1 Å². The van der Waals surface area contributed by atoms with E-state index in [0.29, 0.717) is 36.2 Å². The lowest BCUT2D eigenvalue weighted by Crippen LogP contribution is -2.38. The molecule has 7 nitrogen and oxygen atoms in total. The first-order valence-corrected chi connectivity index (χ1v) is 9.57. The van der Waals surface area contributed by atoms with E-state index in [1.54, 1.807) is 37.8 Å². The first-order chi connectivity index (χ1) is 14.2. The number of nitrogens with zero attached hydrogens (tertiary/aromatic N) is 4. The Bertz CT molecular complexity index is 973. The summed E-state index contributed by atoms with van der Waals surface area (Å²) in [6.07, 6.45) is 6.54. The van der Waals surface area contributed by atoms with Gasteiger partial charge in [-0.15, -0.1) is 0 Å². The number of amides is 1. The van der Waals surface area contributed by atoms with Crippen LogP contribution in [0.1, 0.15) is 34.9 Å². The molecule has 1 aliphatic rings. The molecule has 1 amide bonds. The van der Waals surface area contributed by atoms with Gasteiger partial charge in [0.25, 0.3) is 5.91 Å². The van der Waals surface area contributed by atoms with Gasteiger partial charge in [0, 0.05) is 43.7 Å². The van der Waals surface area contributed by atoms with Gasteiger partial charge in [-0.3, -0.25) is 14.8 Å². The standard InChI is InChI=1S/C22H22N4O3/c1-28-17-5-4-6-18(15-17)29-21-20(24-11-12-25-21)16-8-13-26(14-9-16)22(27)19-7-2-3-10-23-19/h2-7,10-12,15-16H,8-9,13-14H2,1H3. The maximum absolute atomic E-state index is 12.6. The van der Waals surface area contributed by atoms with E-state index < -0.39 is 0 Å². The highest BCUT2D eigenvalue weighted by Gasteiger charge is 2.28. The summed E-state index contributed by atoms with van der Waals surface area (Å²) >= 11 is 0. The molecule has 1 aliphatic heterocycles. The molecule has 7 heteroatoms. The molecule has 3 heterocycles. The normalized spacial score (nSPS) is 14.4. The van der Waals surface area contributed by atoms with Gasteiger partial charge in [-0.2, -0.15) is 0 Å². The zero-order valence-corrected chi connectivity index (χ0v) is 16.2. The average molecular weight is 390 g/mol. The number of hydrogen-bond acceptors (Lipinski definition) is 6. The highest BCUT2D eigenvalue weighted by Crippen LogP contribution is 2.34. The van der Waals surface area contributed by atoms with Crippen LogP contribution < -0.4 is 9.47 Å². The molecule has 3 aromatic rings. The van der Waals surface area contributed by atoms with E-state index in [1.165, 1.54) is 0 Å². The van der Waals surface area contributed by atoms with Crippen molar-refractivity contribution < 1.29 is 14.3 Å². The fraction of sp³-hybridized carbons (Fsp3) is 0.273. The number of aromatic nitrogens is 3. The van der Waals surface area contributed by atoms with Crippen molar-refractivity contribution in [2.24, 2.45) is 0 Å². The van der Waals surface area contributed by atoms with Gasteiger partial charge in [-0.25, -0.2) is 4.98 Å². The van der Waals surface area contributed by atoms with Crippen molar-refractivity contribution in [2.75, 3.05) is 20.2 Å². The van der Waals surface area contributed by atoms with E-state index in [0.717, 1.165) is 18.5 Å². The molecule has 0 N–H and O–H groups in total. The summed E-state index contributed by atoms with van der Waals surface area (Å²) in [4.78, 5) is 27.5. The lowest BCUT2D eigenvalue weighted by Gasteiger charge is -2.31. The Labute approximate surface area is 169 Å². The molecule has 1 fully saturated rings. The van der Waals surface area contributed by atoms with Crippen LogP contribution >= 0.6 is 0 Å². The van der Waals surface area contributed by atoms with Gasteiger partial charge in [0.15, 0.2) is 0 Å². The Kier molecular flexibility index (Phi) is 5.65. The van der Waals surface area contributed by atoms with E-state index in [1.807, 2.05) is 35.2 Å².